The monoisotopic (exact) mass is 269 g/mol. The predicted molar refractivity (Wildman–Crippen MR) is 80.0 cm³/mol. The van der Waals surface area contributed by atoms with Gasteiger partial charge in [-0.3, -0.25) is 4.79 Å². The molecule has 0 spiro atoms. The second-order valence-corrected chi connectivity index (χ2v) is 5.24. The molecular weight excluding hydrogens is 250 g/mol. The molecule has 1 amide bonds. The van der Waals surface area contributed by atoms with Gasteiger partial charge in [-0.05, 0) is 49.2 Å². The molecule has 0 unspecified atom stereocenters. The van der Waals surface area contributed by atoms with Crippen LogP contribution in [-0.2, 0) is 20.0 Å². The van der Waals surface area contributed by atoms with Gasteiger partial charge in [0.05, 0.1) is 0 Å². The van der Waals surface area contributed by atoms with Gasteiger partial charge < -0.3 is 15.2 Å². The molecule has 0 saturated heterocycles. The number of nitrogens with one attached hydrogen (secondary N) is 2. The number of hydrogen-bond donors (Lipinski definition) is 2. The van der Waals surface area contributed by atoms with E-state index in [2.05, 4.69) is 16.7 Å². The molecule has 4 heteroatoms. The Morgan fingerprint density at radius 3 is 2.90 bits per heavy atom. The van der Waals surface area contributed by atoms with Crippen LogP contribution in [0.4, 0.5) is 5.69 Å². The number of aromatic nitrogens is 1. The zero-order valence-electron chi connectivity index (χ0n) is 11.9. The number of rotatable bonds is 2. The Morgan fingerprint density at radius 1 is 1.30 bits per heavy atom. The summed E-state index contributed by atoms with van der Waals surface area (Å²) >= 11 is 0. The summed E-state index contributed by atoms with van der Waals surface area (Å²) in [5, 5.41) is 6.39. The minimum absolute atomic E-state index is 0.0560. The fourth-order valence-corrected chi connectivity index (χ4v) is 2.66. The SMILES string of the molecule is Cc1ccc(C(=O)Nc2cccc3c2CNCC3)n1C. The minimum atomic E-state index is -0.0560. The molecule has 20 heavy (non-hydrogen) atoms. The molecule has 1 aromatic heterocycles. The molecule has 4 nitrogen and oxygen atoms in total. The van der Waals surface area contributed by atoms with Gasteiger partial charge >= 0.3 is 0 Å². The lowest BCUT2D eigenvalue weighted by Gasteiger charge is -2.20. The van der Waals surface area contributed by atoms with E-state index in [1.807, 2.05) is 42.8 Å². The number of nitrogens with zero attached hydrogens (tertiary/aromatic N) is 1. The number of fused-ring (bicyclic) bond motifs is 1. The number of amides is 1. The second-order valence-electron chi connectivity index (χ2n) is 5.24. The van der Waals surface area contributed by atoms with Gasteiger partial charge in [-0.2, -0.15) is 0 Å². The molecule has 2 aromatic rings. The predicted octanol–water partition coefficient (Wildman–Crippen LogP) is 2.23. The molecule has 0 radical (unpaired) electrons. The summed E-state index contributed by atoms with van der Waals surface area (Å²) in [5.41, 5.74) is 5.21. The van der Waals surface area contributed by atoms with Crippen molar-refractivity contribution in [2.45, 2.75) is 19.9 Å². The van der Waals surface area contributed by atoms with Crippen molar-refractivity contribution in [2.75, 3.05) is 11.9 Å². The number of hydrogen-bond acceptors (Lipinski definition) is 2. The van der Waals surface area contributed by atoms with Crippen LogP contribution in [0.2, 0.25) is 0 Å². The minimum Gasteiger partial charge on any atom is -0.344 e. The summed E-state index contributed by atoms with van der Waals surface area (Å²) < 4.78 is 1.91. The van der Waals surface area contributed by atoms with Crippen LogP contribution < -0.4 is 10.6 Å². The van der Waals surface area contributed by atoms with Crippen LogP contribution in [0.15, 0.2) is 30.3 Å². The first-order valence-electron chi connectivity index (χ1n) is 6.92. The Balaban J connectivity index is 1.88. The van der Waals surface area contributed by atoms with Crippen LogP contribution in [-0.4, -0.2) is 17.0 Å². The molecule has 0 bridgehead atoms. The van der Waals surface area contributed by atoms with Crippen molar-refractivity contribution < 1.29 is 4.79 Å². The van der Waals surface area contributed by atoms with Gasteiger partial charge in [0, 0.05) is 25.0 Å². The molecule has 104 valence electrons. The molecule has 0 fully saturated rings. The third-order valence-corrected chi connectivity index (χ3v) is 4.00. The van der Waals surface area contributed by atoms with Gasteiger partial charge in [0.25, 0.3) is 5.91 Å². The Labute approximate surface area is 118 Å². The largest absolute Gasteiger partial charge is 0.344 e. The highest BCUT2D eigenvalue weighted by atomic mass is 16.1. The van der Waals surface area contributed by atoms with Gasteiger partial charge in [0.2, 0.25) is 0 Å². The highest BCUT2D eigenvalue weighted by molar-refractivity contribution is 6.03. The zero-order valence-corrected chi connectivity index (χ0v) is 11.9. The Morgan fingerprint density at radius 2 is 2.15 bits per heavy atom. The highest BCUT2D eigenvalue weighted by Gasteiger charge is 2.16. The van der Waals surface area contributed by atoms with E-state index in [1.165, 1.54) is 11.1 Å². The Bertz CT molecular complexity index is 658. The maximum absolute atomic E-state index is 12.4. The van der Waals surface area contributed by atoms with Crippen molar-refractivity contribution in [3.05, 3.63) is 52.8 Å². The van der Waals surface area contributed by atoms with Gasteiger partial charge in [-0.1, -0.05) is 12.1 Å². The van der Waals surface area contributed by atoms with Crippen LogP contribution in [0.5, 0.6) is 0 Å². The van der Waals surface area contributed by atoms with E-state index in [-0.39, 0.29) is 5.91 Å². The summed E-state index contributed by atoms with van der Waals surface area (Å²) in [6, 6.07) is 9.93. The summed E-state index contributed by atoms with van der Waals surface area (Å²) in [7, 11) is 1.91. The standard InChI is InChI=1S/C16H19N3O/c1-11-6-7-15(19(11)2)16(20)18-14-5-3-4-12-8-9-17-10-13(12)14/h3-7,17H,8-10H2,1-2H3,(H,18,20). The van der Waals surface area contributed by atoms with E-state index in [0.29, 0.717) is 5.69 Å². The van der Waals surface area contributed by atoms with E-state index >= 15 is 0 Å². The fraction of sp³-hybridized carbons (Fsp3) is 0.312. The lowest BCUT2D eigenvalue weighted by atomic mass is 9.99. The maximum atomic E-state index is 12.4. The third-order valence-electron chi connectivity index (χ3n) is 4.00. The Kier molecular flexibility index (Phi) is 3.32. The van der Waals surface area contributed by atoms with Crippen LogP contribution in [0.25, 0.3) is 0 Å². The summed E-state index contributed by atoms with van der Waals surface area (Å²) in [6.45, 7) is 3.81. The van der Waals surface area contributed by atoms with Gasteiger partial charge in [0.1, 0.15) is 5.69 Å². The smallest absolute Gasteiger partial charge is 0.272 e. The highest BCUT2D eigenvalue weighted by Crippen LogP contribution is 2.23. The number of carbonyl (C=O) groups excluding carboxylic acids is 1. The van der Waals surface area contributed by atoms with Crippen molar-refractivity contribution in [3.8, 4) is 0 Å². The van der Waals surface area contributed by atoms with Crippen molar-refractivity contribution in [3.63, 3.8) is 0 Å². The molecular formula is C16H19N3O. The number of carbonyl (C=O) groups is 1. The summed E-state index contributed by atoms with van der Waals surface area (Å²) in [5.74, 6) is -0.0560. The maximum Gasteiger partial charge on any atom is 0.272 e. The van der Waals surface area contributed by atoms with Crippen LogP contribution in [0, 0.1) is 6.92 Å². The van der Waals surface area contributed by atoms with E-state index in [4.69, 9.17) is 0 Å². The van der Waals surface area contributed by atoms with Crippen molar-refractivity contribution in [1.82, 2.24) is 9.88 Å². The average molecular weight is 269 g/mol. The average Bonchev–Trinajstić information content (AvgIpc) is 2.79. The number of benzene rings is 1. The molecule has 0 saturated carbocycles. The number of anilines is 1. The quantitative estimate of drug-likeness (QED) is 0.878. The zero-order chi connectivity index (χ0) is 14.1. The first-order chi connectivity index (χ1) is 9.66. The summed E-state index contributed by atoms with van der Waals surface area (Å²) in [6.07, 6.45) is 1.02. The van der Waals surface area contributed by atoms with Gasteiger partial charge in [-0.25, -0.2) is 0 Å². The molecule has 1 aliphatic rings. The molecule has 2 heterocycles. The number of aryl methyl sites for hydroxylation is 1. The van der Waals surface area contributed by atoms with E-state index in [1.54, 1.807) is 0 Å². The lowest BCUT2D eigenvalue weighted by molar-refractivity contribution is 0.101. The molecule has 3 rings (SSSR count). The topological polar surface area (TPSA) is 46.1 Å². The fourth-order valence-electron chi connectivity index (χ4n) is 2.66. The normalized spacial score (nSPS) is 13.9. The molecule has 2 N–H and O–H groups in total. The second kappa shape index (κ2) is 5.13. The first-order valence-corrected chi connectivity index (χ1v) is 6.92. The molecule has 0 aliphatic carbocycles. The molecule has 1 aromatic carbocycles. The van der Waals surface area contributed by atoms with Crippen LogP contribution in [0.1, 0.15) is 27.3 Å². The van der Waals surface area contributed by atoms with Crippen LogP contribution in [0.3, 0.4) is 0 Å². The van der Waals surface area contributed by atoms with Crippen LogP contribution >= 0.6 is 0 Å². The first kappa shape index (κ1) is 12.9. The van der Waals surface area contributed by atoms with Gasteiger partial charge in [0.15, 0.2) is 0 Å². The van der Waals surface area contributed by atoms with Crippen molar-refractivity contribution in [1.29, 1.82) is 0 Å². The summed E-state index contributed by atoms with van der Waals surface area (Å²) in [4.78, 5) is 12.4. The van der Waals surface area contributed by atoms with Crippen molar-refractivity contribution in [2.24, 2.45) is 7.05 Å². The molecule has 0 atom stereocenters. The third kappa shape index (κ3) is 2.23. The Hall–Kier alpha value is -2.07. The van der Waals surface area contributed by atoms with E-state index < -0.39 is 0 Å². The van der Waals surface area contributed by atoms with E-state index in [0.717, 1.165) is 30.9 Å². The lowest BCUT2D eigenvalue weighted by Crippen LogP contribution is -2.26. The van der Waals surface area contributed by atoms with Crippen molar-refractivity contribution >= 4 is 11.6 Å². The van der Waals surface area contributed by atoms with E-state index in [9.17, 15) is 4.79 Å². The van der Waals surface area contributed by atoms with Gasteiger partial charge in [-0.15, -0.1) is 0 Å². The molecule has 1 aliphatic heterocycles.